The summed E-state index contributed by atoms with van der Waals surface area (Å²) < 4.78 is 50.0. The van der Waals surface area contributed by atoms with Crippen LogP contribution in [0.1, 0.15) is 32.3 Å². The van der Waals surface area contributed by atoms with Crippen LogP contribution >= 0.6 is 0 Å². The van der Waals surface area contributed by atoms with Crippen molar-refractivity contribution in [1.82, 2.24) is 0 Å². The molecule has 4 nitrogen and oxygen atoms in total. The maximum atomic E-state index is 13.0. The standard InChI is InChI=1S/C17H20F3NO3/c1-10-7-12(8-11(2)24-10)16(22)21-5-6-23-15-4-3-13(9-14(15)21)17(18,19)20/h3-4,9-12H,5-8H2,1-2H3/t10-,11-/m1/s1. The Morgan fingerprint density at radius 1 is 1.21 bits per heavy atom. The van der Waals surface area contributed by atoms with Crippen LogP contribution in [0, 0.1) is 5.92 Å². The molecule has 2 aliphatic rings. The maximum Gasteiger partial charge on any atom is 0.416 e. The molecule has 2 heterocycles. The van der Waals surface area contributed by atoms with E-state index in [9.17, 15) is 18.0 Å². The molecule has 1 saturated heterocycles. The van der Waals surface area contributed by atoms with E-state index in [0.29, 0.717) is 18.6 Å². The van der Waals surface area contributed by atoms with Crippen molar-refractivity contribution in [2.75, 3.05) is 18.1 Å². The summed E-state index contributed by atoms with van der Waals surface area (Å²) in [5.41, 5.74) is -0.578. The van der Waals surface area contributed by atoms with Gasteiger partial charge in [-0.05, 0) is 44.9 Å². The zero-order valence-electron chi connectivity index (χ0n) is 13.6. The van der Waals surface area contributed by atoms with E-state index >= 15 is 0 Å². The summed E-state index contributed by atoms with van der Waals surface area (Å²) >= 11 is 0. The third kappa shape index (κ3) is 3.36. The average Bonchev–Trinajstić information content (AvgIpc) is 2.51. The number of carbonyl (C=O) groups excluding carboxylic acids is 1. The molecule has 0 aromatic heterocycles. The van der Waals surface area contributed by atoms with Crippen LogP contribution in [-0.4, -0.2) is 31.3 Å². The molecule has 0 aliphatic carbocycles. The fourth-order valence-corrected chi connectivity index (χ4v) is 3.45. The predicted octanol–water partition coefficient (Wildman–Crippen LogP) is 3.63. The van der Waals surface area contributed by atoms with E-state index in [2.05, 4.69) is 0 Å². The first kappa shape index (κ1) is 17.1. The van der Waals surface area contributed by atoms with Crippen molar-refractivity contribution in [2.45, 2.75) is 45.1 Å². The molecule has 0 spiro atoms. The Morgan fingerprint density at radius 2 is 1.88 bits per heavy atom. The van der Waals surface area contributed by atoms with Gasteiger partial charge in [0.1, 0.15) is 12.4 Å². The minimum absolute atomic E-state index is 0.0373. The highest BCUT2D eigenvalue weighted by Gasteiger charge is 2.37. The lowest BCUT2D eigenvalue weighted by atomic mass is 9.91. The van der Waals surface area contributed by atoms with Gasteiger partial charge >= 0.3 is 6.18 Å². The second-order valence-corrected chi connectivity index (χ2v) is 6.44. The van der Waals surface area contributed by atoms with Gasteiger partial charge in [-0.2, -0.15) is 13.2 Å². The molecule has 7 heteroatoms. The lowest BCUT2D eigenvalue weighted by Crippen LogP contribution is -2.45. The van der Waals surface area contributed by atoms with Gasteiger partial charge < -0.3 is 14.4 Å². The zero-order valence-corrected chi connectivity index (χ0v) is 13.6. The number of anilines is 1. The number of amides is 1. The Balaban J connectivity index is 1.89. The van der Waals surface area contributed by atoms with Crippen molar-refractivity contribution in [1.29, 1.82) is 0 Å². The summed E-state index contributed by atoms with van der Waals surface area (Å²) in [5, 5.41) is 0. The van der Waals surface area contributed by atoms with Crippen LogP contribution in [0.2, 0.25) is 0 Å². The van der Waals surface area contributed by atoms with Crippen LogP contribution < -0.4 is 9.64 Å². The first-order chi connectivity index (χ1) is 11.3. The van der Waals surface area contributed by atoms with E-state index in [-0.39, 0.29) is 42.9 Å². The Morgan fingerprint density at radius 3 is 2.50 bits per heavy atom. The molecule has 2 aliphatic heterocycles. The molecule has 0 N–H and O–H groups in total. The molecule has 0 radical (unpaired) electrons. The predicted molar refractivity (Wildman–Crippen MR) is 82.0 cm³/mol. The van der Waals surface area contributed by atoms with Crippen LogP contribution in [0.5, 0.6) is 5.75 Å². The van der Waals surface area contributed by atoms with Crippen LogP contribution in [-0.2, 0) is 15.7 Å². The van der Waals surface area contributed by atoms with Gasteiger partial charge in [-0.1, -0.05) is 0 Å². The normalized spacial score (nSPS) is 27.4. The average molecular weight is 343 g/mol. The fraction of sp³-hybridized carbons (Fsp3) is 0.588. The second kappa shape index (κ2) is 6.27. The molecule has 0 bridgehead atoms. The Labute approximate surface area is 138 Å². The van der Waals surface area contributed by atoms with Crippen molar-refractivity contribution in [2.24, 2.45) is 5.92 Å². The number of nitrogens with zero attached hydrogens (tertiary/aromatic N) is 1. The van der Waals surface area contributed by atoms with E-state index in [1.54, 1.807) is 0 Å². The molecule has 1 aromatic carbocycles. The topological polar surface area (TPSA) is 38.8 Å². The van der Waals surface area contributed by atoms with E-state index in [1.807, 2.05) is 13.8 Å². The Kier molecular flexibility index (Phi) is 4.46. The van der Waals surface area contributed by atoms with Gasteiger partial charge in [0.2, 0.25) is 5.91 Å². The van der Waals surface area contributed by atoms with Crippen molar-refractivity contribution >= 4 is 11.6 Å². The zero-order chi connectivity index (χ0) is 17.5. The van der Waals surface area contributed by atoms with Crippen LogP contribution in [0.25, 0.3) is 0 Å². The summed E-state index contributed by atoms with van der Waals surface area (Å²) in [6.07, 6.45) is -3.37. The van der Waals surface area contributed by atoms with Gasteiger partial charge in [0, 0.05) is 5.92 Å². The number of fused-ring (bicyclic) bond motifs is 1. The highest BCUT2D eigenvalue weighted by atomic mass is 19.4. The van der Waals surface area contributed by atoms with E-state index in [4.69, 9.17) is 9.47 Å². The number of hydrogen-bond donors (Lipinski definition) is 0. The molecule has 0 saturated carbocycles. The number of ether oxygens (including phenoxy) is 2. The SMILES string of the molecule is C[C@@H]1CC(C(=O)N2CCOc3ccc(C(F)(F)F)cc32)C[C@@H](C)O1. The number of alkyl halides is 3. The minimum Gasteiger partial charge on any atom is -0.490 e. The number of hydrogen-bond acceptors (Lipinski definition) is 3. The molecule has 3 rings (SSSR count). The van der Waals surface area contributed by atoms with Gasteiger partial charge in [0.05, 0.1) is 30.0 Å². The monoisotopic (exact) mass is 343 g/mol. The summed E-state index contributed by atoms with van der Waals surface area (Å²) in [6, 6.07) is 3.26. The van der Waals surface area contributed by atoms with E-state index in [0.717, 1.165) is 12.1 Å². The number of benzene rings is 1. The second-order valence-electron chi connectivity index (χ2n) is 6.44. The summed E-state index contributed by atoms with van der Waals surface area (Å²) in [5.74, 6) is -0.0825. The molecule has 2 atom stereocenters. The van der Waals surface area contributed by atoms with Gasteiger partial charge in [-0.25, -0.2) is 0 Å². The Bertz CT molecular complexity index is 622. The third-order valence-corrected chi connectivity index (χ3v) is 4.46. The lowest BCUT2D eigenvalue weighted by molar-refractivity contribution is -0.137. The fourth-order valence-electron chi connectivity index (χ4n) is 3.45. The first-order valence-corrected chi connectivity index (χ1v) is 8.06. The van der Waals surface area contributed by atoms with Crippen LogP contribution in [0.15, 0.2) is 18.2 Å². The van der Waals surface area contributed by atoms with Gasteiger partial charge in [0.25, 0.3) is 0 Å². The summed E-state index contributed by atoms with van der Waals surface area (Å²) in [7, 11) is 0. The van der Waals surface area contributed by atoms with Gasteiger partial charge in [-0.15, -0.1) is 0 Å². The number of halogens is 3. The van der Waals surface area contributed by atoms with Gasteiger partial charge in [0.15, 0.2) is 0 Å². The third-order valence-electron chi connectivity index (χ3n) is 4.46. The largest absolute Gasteiger partial charge is 0.490 e. The molecule has 0 unspecified atom stereocenters. The summed E-state index contributed by atoms with van der Waals surface area (Å²) in [6.45, 7) is 4.35. The maximum absolute atomic E-state index is 13.0. The highest BCUT2D eigenvalue weighted by Crippen LogP contribution is 2.39. The quantitative estimate of drug-likeness (QED) is 0.782. The van der Waals surface area contributed by atoms with E-state index in [1.165, 1.54) is 11.0 Å². The summed E-state index contributed by atoms with van der Waals surface area (Å²) in [4.78, 5) is 14.3. The van der Waals surface area contributed by atoms with Crippen molar-refractivity contribution in [3.63, 3.8) is 0 Å². The highest BCUT2D eigenvalue weighted by molar-refractivity contribution is 5.97. The molecular formula is C17H20F3NO3. The smallest absolute Gasteiger partial charge is 0.416 e. The lowest BCUT2D eigenvalue weighted by Gasteiger charge is -2.36. The first-order valence-electron chi connectivity index (χ1n) is 8.06. The molecule has 1 amide bonds. The number of carbonyl (C=O) groups is 1. The Hall–Kier alpha value is -1.76. The van der Waals surface area contributed by atoms with Crippen molar-refractivity contribution in [3.05, 3.63) is 23.8 Å². The van der Waals surface area contributed by atoms with Crippen molar-refractivity contribution in [3.8, 4) is 5.75 Å². The minimum atomic E-state index is -4.46. The van der Waals surface area contributed by atoms with E-state index < -0.39 is 11.7 Å². The molecule has 24 heavy (non-hydrogen) atoms. The van der Waals surface area contributed by atoms with Crippen LogP contribution in [0.3, 0.4) is 0 Å². The molecular weight excluding hydrogens is 323 g/mol. The molecule has 1 fully saturated rings. The van der Waals surface area contributed by atoms with Crippen LogP contribution in [0.4, 0.5) is 18.9 Å². The molecule has 132 valence electrons. The number of rotatable bonds is 1. The molecule has 1 aromatic rings. The van der Waals surface area contributed by atoms with Crippen molar-refractivity contribution < 1.29 is 27.4 Å². The van der Waals surface area contributed by atoms with Gasteiger partial charge in [-0.3, -0.25) is 4.79 Å².